The zero-order valence-electron chi connectivity index (χ0n) is 9.46. The second-order valence-corrected chi connectivity index (χ2v) is 5.25. The minimum absolute atomic E-state index is 0.0408. The van der Waals surface area contributed by atoms with Gasteiger partial charge in [-0.15, -0.1) is 11.3 Å². The molecule has 0 aliphatic carbocycles. The maximum Gasteiger partial charge on any atom is 0.234 e. The third-order valence-electron chi connectivity index (χ3n) is 2.01. The molecule has 1 aromatic heterocycles. The molecule has 84 valence electrons. The number of nitrogens with one attached hydrogen (secondary N) is 2. The second-order valence-electron chi connectivity index (χ2n) is 4.22. The van der Waals surface area contributed by atoms with Gasteiger partial charge in [0.2, 0.25) is 5.91 Å². The molecule has 1 heterocycles. The molecular formula is C11H18N2OS. The summed E-state index contributed by atoms with van der Waals surface area (Å²) >= 11 is 1.72. The van der Waals surface area contributed by atoms with Gasteiger partial charge in [-0.2, -0.15) is 0 Å². The highest BCUT2D eigenvalue weighted by Crippen LogP contribution is 2.16. The molecule has 0 spiro atoms. The van der Waals surface area contributed by atoms with E-state index in [1.807, 2.05) is 19.9 Å². The van der Waals surface area contributed by atoms with Gasteiger partial charge >= 0.3 is 0 Å². The third kappa shape index (κ3) is 4.44. The van der Waals surface area contributed by atoms with Crippen LogP contribution in [0.2, 0.25) is 0 Å². The largest absolute Gasteiger partial charge is 0.350 e. The molecule has 0 bridgehead atoms. The van der Waals surface area contributed by atoms with Crippen molar-refractivity contribution in [2.24, 2.45) is 0 Å². The summed E-state index contributed by atoms with van der Waals surface area (Å²) in [6.45, 7) is 4.45. The molecule has 0 fully saturated rings. The van der Waals surface area contributed by atoms with Crippen molar-refractivity contribution in [2.45, 2.75) is 25.8 Å². The lowest BCUT2D eigenvalue weighted by atomic mass is 9.99. The van der Waals surface area contributed by atoms with Crippen LogP contribution in [0.5, 0.6) is 0 Å². The minimum atomic E-state index is -0.182. The van der Waals surface area contributed by atoms with Gasteiger partial charge in [-0.1, -0.05) is 6.07 Å². The fraction of sp³-hybridized carbons (Fsp3) is 0.545. The predicted octanol–water partition coefficient (Wildman–Crippen LogP) is 1.40. The van der Waals surface area contributed by atoms with Gasteiger partial charge in [0.05, 0.1) is 6.54 Å². The Hall–Kier alpha value is -0.870. The highest BCUT2D eigenvalue weighted by atomic mass is 32.1. The van der Waals surface area contributed by atoms with E-state index >= 15 is 0 Å². The molecule has 0 aliphatic rings. The molecule has 0 aliphatic heterocycles. The number of thiophene rings is 1. The quantitative estimate of drug-likeness (QED) is 0.797. The van der Waals surface area contributed by atoms with Gasteiger partial charge < -0.3 is 10.6 Å². The Labute approximate surface area is 94.9 Å². The van der Waals surface area contributed by atoms with E-state index in [4.69, 9.17) is 0 Å². The van der Waals surface area contributed by atoms with Crippen molar-refractivity contribution in [3.05, 3.63) is 22.4 Å². The molecule has 0 atom stereocenters. The van der Waals surface area contributed by atoms with Gasteiger partial charge in [-0.3, -0.25) is 4.79 Å². The first kappa shape index (κ1) is 12.2. The minimum Gasteiger partial charge on any atom is -0.350 e. The zero-order valence-corrected chi connectivity index (χ0v) is 10.3. The van der Waals surface area contributed by atoms with Gasteiger partial charge in [0, 0.05) is 16.8 Å². The van der Waals surface area contributed by atoms with Crippen LogP contribution in [0.4, 0.5) is 0 Å². The van der Waals surface area contributed by atoms with Crippen molar-refractivity contribution >= 4 is 17.2 Å². The smallest absolute Gasteiger partial charge is 0.234 e. The number of hydrogen-bond acceptors (Lipinski definition) is 3. The normalized spacial score (nSPS) is 11.4. The first-order chi connectivity index (χ1) is 7.03. The highest BCUT2D eigenvalue weighted by molar-refractivity contribution is 7.09. The lowest BCUT2D eigenvalue weighted by molar-refractivity contribution is -0.121. The number of carbonyl (C=O) groups excluding carboxylic acids is 1. The van der Waals surface area contributed by atoms with Gasteiger partial charge in [0.1, 0.15) is 0 Å². The van der Waals surface area contributed by atoms with Crippen LogP contribution in [0.1, 0.15) is 18.7 Å². The van der Waals surface area contributed by atoms with Crippen LogP contribution in [0, 0.1) is 0 Å². The van der Waals surface area contributed by atoms with Crippen LogP contribution in [-0.2, 0) is 11.2 Å². The molecule has 3 nitrogen and oxygen atoms in total. The van der Waals surface area contributed by atoms with Crippen molar-refractivity contribution < 1.29 is 4.79 Å². The first-order valence-electron chi connectivity index (χ1n) is 5.01. The Morgan fingerprint density at radius 1 is 1.53 bits per heavy atom. The Balaban J connectivity index is 2.48. The summed E-state index contributed by atoms with van der Waals surface area (Å²) in [5, 5.41) is 7.90. The maximum absolute atomic E-state index is 11.4. The molecule has 0 unspecified atom stereocenters. The summed E-state index contributed by atoms with van der Waals surface area (Å²) < 4.78 is 0. The number of amides is 1. The van der Waals surface area contributed by atoms with E-state index in [9.17, 15) is 4.79 Å². The maximum atomic E-state index is 11.4. The molecule has 0 radical (unpaired) electrons. The van der Waals surface area contributed by atoms with Crippen molar-refractivity contribution in [3.8, 4) is 0 Å². The van der Waals surface area contributed by atoms with E-state index in [0.29, 0.717) is 6.54 Å². The van der Waals surface area contributed by atoms with Crippen LogP contribution in [0.3, 0.4) is 0 Å². The van der Waals surface area contributed by atoms with Gasteiger partial charge in [-0.05, 0) is 32.3 Å². The van der Waals surface area contributed by atoms with Crippen molar-refractivity contribution in [1.82, 2.24) is 10.6 Å². The number of likely N-dealkylation sites (N-methyl/N-ethyl adjacent to an activating group) is 1. The first-order valence-corrected chi connectivity index (χ1v) is 5.89. The number of rotatable bonds is 5. The molecule has 0 aromatic carbocycles. The van der Waals surface area contributed by atoms with E-state index in [0.717, 1.165) is 6.42 Å². The molecule has 0 saturated heterocycles. The van der Waals surface area contributed by atoms with E-state index in [-0.39, 0.29) is 11.4 Å². The molecule has 15 heavy (non-hydrogen) atoms. The third-order valence-corrected chi connectivity index (χ3v) is 2.89. The fourth-order valence-corrected chi connectivity index (χ4v) is 2.41. The SMILES string of the molecule is CNCC(=O)NC(C)(C)Cc1cccs1. The zero-order chi connectivity index (χ0) is 11.3. The van der Waals surface area contributed by atoms with E-state index in [2.05, 4.69) is 22.1 Å². The lowest BCUT2D eigenvalue weighted by Gasteiger charge is -2.25. The fourth-order valence-electron chi connectivity index (χ4n) is 1.48. The van der Waals surface area contributed by atoms with Crippen LogP contribution < -0.4 is 10.6 Å². The summed E-state index contributed by atoms with van der Waals surface area (Å²) in [5.74, 6) is 0.0408. The molecule has 1 amide bonds. The molecular weight excluding hydrogens is 208 g/mol. The molecule has 1 rings (SSSR count). The number of hydrogen-bond donors (Lipinski definition) is 2. The summed E-state index contributed by atoms with van der Waals surface area (Å²) in [6.07, 6.45) is 0.875. The second kappa shape index (κ2) is 5.28. The standard InChI is InChI=1S/C11H18N2OS/c1-11(2,13-10(14)8-12-3)7-9-5-4-6-15-9/h4-6,12H,7-8H2,1-3H3,(H,13,14). The van der Waals surface area contributed by atoms with Crippen molar-refractivity contribution in [3.63, 3.8) is 0 Å². The summed E-state index contributed by atoms with van der Waals surface area (Å²) in [6, 6.07) is 4.13. The molecule has 2 N–H and O–H groups in total. The monoisotopic (exact) mass is 226 g/mol. The van der Waals surface area contributed by atoms with E-state index < -0.39 is 0 Å². The lowest BCUT2D eigenvalue weighted by Crippen LogP contribution is -2.47. The Kier molecular flexibility index (Phi) is 4.29. The molecule has 0 saturated carbocycles. The van der Waals surface area contributed by atoms with Crippen LogP contribution in [0.25, 0.3) is 0 Å². The van der Waals surface area contributed by atoms with E-state index in [1.54, 1.807) is 18.4 Å². The van der Waals surface area contributed by atoms with Crippen LogP contribution in [0.15, 0.2) is 17.5 Å². The highest BCUT2D eigenvalue weighted by Gasteiger charge is 2.20. The van der Waals surface area contributed by atoms with Gasteiger partial charge in [0.25, 0.3) is 0 Å². The average Bonchev–Trinajstić information content (AvgIpc) is 2.54. The van der Waals surface area contributed by atoms with Crippen molar-refractivity contribution in [1.29, 1.82) is 0 Å². The molecule has 4 heteroatoms. The Morgan fingerprint density at radius 3 is 2.80 bits per heavy atom. The van der Waals surface area contributed by atoms with Crippen LogP contribution in [-0.4, -0.2) is 25.0 Å². The van der Waals surface area contributed by atoms with Crippen LogP contribution >= 0.6 is 11.3 Å². The van der Waals surface area contributed by atoms with Gasteiger partial charge in [0.15, 0.2) is 0 Å². The van der Waals surface area contributed by atoms with E-state index in [1.165, 1.54) is 4.88 Å². The molecule has 1 aromatic rings. The predicted molar refractivity (Wildman–Crippen MR) is 64.2 cm³/mol. The van der Waals surface area contributed by atoms with Gasteiger partial charge in [-0.25, -0.2) is 0 Å². The van der Waals surface area contributed by atoms with Crippen molar-refractivity contribution in [2.75, 3.05) is 13.6 Å². The Bertz CT molecular complexity index is 306. The number of carbonyl (C=O) groups is 1. The summed E-state index contributed by atoms with van der Waals surface area (Å²) in [4.78, 5) is 12.7. The topological polar surface area (TPSA) is 41.1 Å². The Morgan fingerprint density at radius 2 is 2.27 bits per heavy atom. The summed E-state index contributed by atoms with van der Waals surface area (Å²) in [7, 11) is 1.77. The summed E-state index contributed by atoms with van der Waals surface area (Å²) in [5.41, 5.74) is -0.182. The average molecular weight is 226 g/mol.